The first-order valence-corrected chi connectivity index (χ1v) is 10.8. The third-order valence-corrected chi connectivity index (χ3v) is 5.73. The molecule has 6 nitrogen and oxygen atoms in total. The molecule has 6 heteroatoms. The van der Waals surface area contributed by atoms with Crippen molar-refractivity contribution in [3.63, 3.8) is 0 Å². The molecule has 168 valence electrons. The van der Waals surface area contributed by atoms with E-state index in [2.05, 4.69) is 5.32 Å². The van der Waals surface area contributed by atoms with Crippen molar-refractivity contribution in [2.75, 3.05) is 23.9 Å². The molecule has 0 radical (unpaired) electrons. The molecule has 3 aromatic rings. The van der Waals surface area contributed by atoms with Crippen LogP contribution in [-0.4, -0.2) is 25.5 Å². The molecule has 0 aromatic heterocycles. The number of carbonyl (C=O) groups is 2. The Kier molecular flexibility index (Phi) is 6.18. The molecule has 0 saturated carbocycles. The zero-order valence-corrected chi connectivity index (χ0v) is 19.1. The topological polar surface area (TPSA) is 67.9 Å². The van der Waals surface area contributed by atoms with Crippen molar-refractivity contribution < 1.29 is 19.1 Å². The fraction of sp³-hybridized carbons (Fsp3) is 0.185. The van der Waals surface area contributed by atoms with Gasteiger partial charge in [0.2, 0.25) is 0 Å². The van der Waals surface area contributed by atoms with Gasteiger partial charge in [0.05, 0.1) is 30.7 Å². The Morgan fingerprint density at radius 1 is 0.879 bits per heavy atom. The average molecular weight is 443 g/mol. The minimum Gasteiger partial charge on any atom is -0.497 e. The molecule has 0 aliphatic carbocycles. The summed E-state index contributed by atoms with van der Waals surface area (Å²) in [6.07, 6.45) is 0. The van der Waals surface area contributed by atoms with Gasteiger partial charge in [-0.05, 0) is 67.8 Å². The molecule has 1 aliphatic rings. The molecule has 3 aromatic carbocycles. The van der Waals surface area contributed by atoms with Crippen molar-refractivity contribution in [3.8, 4) is 11.5 Å². The number of hydrogen-bond donors (Lipinski definition) is 1. The van der Waals surface area contributed by atoms with Crippen LogP contribution >= 0.6 is 0 Å². The zero-order chi connectivity index (χ0) is 23.5. The third-order valence-electron chi connectivity index (χ3n) is 5.73. The molecule has 1 heterocycles. The third kappa shape index (κ3) is 4.07. The van der Waals surface area contributed by atoms with Gasteiger partial charge in [0, 0.05) is 0 Å². The second-order valence-corrected chi connectivity index (χ2v) is 7.70. The SMILES string of the molecule is CCOc1ccccc1NC1=C(c2ccc(OC)cc2)C(=O)N(c2cccc(C)c2C)C1=O. The van der Waals surface area contributed by atoms with Gasteiger partial charge in [0.1, 0.15) is 17.2 Å². The summed E-state index contributed by atoms with van der Waals surface area (Å²) in [4.78, 5) is 28.6. The molecule has 1 aliphatic heterocycles. The van der Waals surface area contributed by atoms with Gasteiger partial charge < -0.3 is 14.8 Å². The minimum atomic E-state index is -0.411. The number of aryl methyl sites for hydroxylation is 1. The Morgan fingerprint density at radius 3 is 2.30 bits per heavy atom. The summed E-state index contributed by atoms with van der Waals surface area (Å²) in [5.74, 6) is 0.479. The number of benzene rings is 3. The van der Waals surface area contributed by atoms with Gasteiger partial charge in [-0.3, -0.25) is 9.59 Å². The number of nitrogens with one attached hydrogen (secondary N) is 1. The van der Waals surface area contributed by atoms with E-state index in [9.17, 15) is 9.59 Å². The van der Waals surface area contributed by atoms with Gasteiger partial charge in [0.15, 0.2) is 0 Å². The number of hydrogen-bond acceptors (Lipinski definition) is 5. The molecule has 0 unspecified atom stereocenters. The molecule has 0 spiro atoms. The van der Waals surface area contributed by atoms with E-state index in [-0.39, 0.29) is 11.6 Å². The van der Waals surface area contributed by atoms with Crippen LogP contribution in [0.1, 0.15) is 23.6 Å². The summed E-state index contributed by atoms with van der Waals surface area (Å²) in [5, 5.41) is 3.20. The lowest BCUT2D eigenvalue weighted by atomic mass is 10.0. The Balaban J connectivity index is 1.85. The summed E-state index contributed by atoms with van der Waals surface area (Å²) >= 11 is 0. The number of imide groups is 1. The number of anilines is 2. The monoisotopic (exact) mass is 442 g/mol. The number of methoxy groups -OCH3 is 1. The molecule has 0 saturated heterocycles. The highest BCUT2D eigenvalue weighted by atomic mass is 16.5. The van der Waals surface area contributed by atoms with Crippen molar-refractivity contribution in [2.24, 2.45) is 0 Å². The summed E-state index contributed by atoms with van der Waals surface area (Å²) in [5.41, 5.74) is 4.20. The molecule has 0 fully saturated rings. The summed E-state index contributed by atoms with van der Waals surface area (Å²) in [6, 6.07) is 20.1. The fourth-order valence-electron chi connectivity index (χ4n) is 3.85. The van der Waals surface area contributed by atoms with Crippen molar-refractivity contribution >= 4 is 28.8 Å². The van der Waals surface area contributed by atoms with Crippen molar-refractivity contribution in [1.29, 1.82) is 0 Å². The lowest BCUT2D eigenvalue weighted by Gasteiger charge is -2.19. The number of ether oxygens (including phenoxy) is 2. The number of carbonyl (C=O) groups excluding carboxylic acids is 2. The van der Waals surface area contributed by atoms with Gasteiger partial charge in [-0.15, -0.1) is 0 Å². The zero-order valence-electron chi connectivity index (χ0n) is 19.1. The summed E-state index contributed by atoms with van der Waals surface area (Å²) in [6.45, 7) is 6.24. The maximum atomic E-state index is 13.7. The molecule has 1 N–H and O–H groups in total. The number of amides is 2. The predicted molar refractivity (Wildman–Crippen MR) is 130 cm³/mol. The first kappa shape index (κ1) is 22.1. The Labute approximate surface area is 193 Å². The first-order valence-electron chi connectivity index (χ1n) is 10.8. The second kappa shape index (κ2) is 9.20. The lowest BCUT2D eigenvalue weighted by molar-refractivity contribution is -0.120. The smallest absolute Gasteiger partial charge is 0.282 e. The van der Waals surface area contributed by atoms with Crippen molar-refractivity contribution in [2.45, 2.75) is 20.8 Å². The van der Waals surface area contributed by atoms with Crippen LogP contribution in [0.15, 0.2) is 72.4 Å². The maximum absolute atomic E-state index is 13.7. The fourth-order valence-corrected chi connectivity index (χ4v) is 3.85. The van der Waals surface area contributed by atoms with E-state index < -0.39 is 5.91 Å². The molecule has 33 heavy (non-hydrogen) atoms. The first-order chi connectivity index (χ1) is 16.0. The summed E-state index contributed by atoms with van der Waals surface area (Å²) in [7, 11) is 1.58. The molecular formula is C27H26N2O4. The van der Waals surface area contributed by atoms with Crippen LogP contribution in [0.3, 0.4) is 0 Å². The largest absolute Gasteiger partial charge is 0.497 e. The molecule has 4 rings (SSSR count). The normalized spacial score (nSPS) is 13.5. The van der Waals surface area contributed by atoms with E-state index in [0.717, 1.165) is 11.1 Å². The lowest BCUT2D eigenvalue weighted by Crippen LogP contribution is -2.33. The van der Waals surface area contributed by atoms with Gasteiger partial charge in [-0.1, -0.05) is 36.4 Å². The van der Waals surface area contributed by atoms with Crippen LogP contribution in [0, 0.1) is 13.8 Å². The quantitative estimate of drug-likeness (QED) is 0.515. The highest BCUT2D eigenvalue weighted by Crippen LogP contribution is 2.37. The number of para-hydroxylation sites is 2. The van der Waals surface area contributed by atoms with E-state index in [1.165, 1.54) is 4.90 Å². The Bertz CT molecular complexity index is 1250. The highest BCUT2D eigenvalue weighted by molar-refractivity contribution is 6.46. The predicted octanol–water partition coefficient (Wildman–Crippen LogP) is 5.11. The number of rotatable bonds is 7. The van der Waals surface area contributed by atoms with Gasteiger partial charge in [0.25, 0.3) is 11.8 Å². The van der Waals surface area contributed by atoms with Gasteiger partial charge in [-0.2, -0.15) is 0 Å². The van der Waals surface area contributed by atoms with E-state index in [1.54, 1.807) is 37.4 Å². The maximum Gasteiger partial charge on any atom is 0.282 e. The molecule has 2 amide bonds. The van der Waals surface area contributed by atoms with E-state index >= 15 is 0 Å². The molecule has 0 bridgehead atoms. The molecule has 0 atom stereocenters. The van der Waals surface area contributed by atoms with Crippen LogP contribution in [0.5, 0.6) is 11.5 Å². The van der Waals surface area contributed by atoms with E-state index in [1.807, 2.05) is 57.2 Å². The van der Waals surface area contributed by atoms with Gasteiger partial charge >= 0.3 is 0 Å². The minimum absolute atomic E-state index is 0.207. The van der Waals surface area contributed by atoms with Crippen LogP contribution in [0.4, 0.5) is 11.4 Å². The van der Waals surface area contributed by atoms with E-state index in [0.29, 0.717) is 40.6 Å². The standard InChI is InChI=1S/C27H26N2O4/c1-5-33-23-12-7-6-10-21(23)28-25-24(19-13-15-20(32-4)16-14-19)26(30)29(27(25)31)22-11-8-9-17(2)18(22)3/h6-16,28H,5H2,1-4H3. The Morgan fingerprint density at radius 2 is 1.61 bits per heavy atom. The second-order valence-electron chi connectivity index (χ2n) is 7.70. The van der Waals surface area contributed by atoms with Crippen LogP contribution in [0.25, 0.3) is 5.57 Å². The van der Waals surface area contributed by atoms with Gasteiger partial charge in [-0.25, -0.2) is 4.90 Å². The Hall–Kier alpha value is -4.06. The van der Waals surface area contributed by atoms with Crippen LogP contribution in [-0.2, 0) is 9.59 Å². The number of nitrogens with zero attached hydrogens (tertiary/aromatic N) is 1. The average Bonchev–Trinajstić information content (AvgIpc) is 3.06. The molecular weight excluding hydrogens is 416 g/mol. The van der Waals surface area contributed by atoms with Crippen LogP contribution in [0.2, 0.25) is 0 Å². The van der Waals surface area contributed by atoms with Crippen LogP contribution < -0.4 is 19.7 Å². The van der Waals surface area contributed by atoms with Crippen molar-refractivity contribution in [3.05, 3.63) is 89.1 Å². The van der Waals surface area contributed by atoms with E-state index in [4.69, 9.17) is 9.47 Å². The van der Waals surface area contributed by atoms with Crippen molar-refractivity contribution in [1.82, 2.24) is 0 Å². The summed E-state index contributed by atoms with van der Waals surface area (Å²) < 4.78 is 11.0. The highest BCUT2D eigenvalue weighted by Gasteiger charge is 2.41.